The van der Waals surface area contributed by atoms with Gasteiger partial charge in [0.2, 0.25) is 0 Å². The molecule has 1 aromatic heterocycles. The maximum atomic E-state index is 10.4. The monoisotopic (exact) mass is 197 g/mol. The Morgan fingerprint density at radius 3 is 2.73 bits per heavy atom. The number of carbonyl (C=O) groups is 1. The molecule has 2 heteroatoms. The van der Waals surface area contributed by atoms with Crippen LogP contribution in [0.3, 0.4) is 0 Å². The van der Waals surface area contributed by atoms with Gasteiger partial charge in [0.05, 0.1) is 0 Å². The number of pyridine rings is 1. The molecule has 0 saturated heterocycles. The number of aldehydes is 1. The minimum atomic E-state index is 0.466. The molecule has 2 aromatic rings. The van der Waals surface area contributed by atoms with Crippen LogP contribution in [0.25, 0.3) is 11.1 Å². The Morgan fingerprint density at radius 1 is 1.13 bits per heavy atom. The average molecular weight is 197 g/mol. The summed E-state index contributed by atoms with van der Waals surface area (Å²) in [6.07, 6.45) is 4.95. The van der Waals surface area contributed by atoms with E-state index in [1.165, 1.54) is 0 Å². The molecule has 0 aliphatic rings. The molecular weight excluding hydrogens is 186 g/mol. The molecule has 0 amide bonds. The van der Waals surface area contributed by atoms with Crippen LogP contribution in [0.4, 0.5) is 0 Å². The zero-order valence-corrected chi connectivity index (χ0v) is 8.26. The first kappa shape index (κ1) is 9.59. The smallest absolute Gasteiger partial charge is 0.124 e. The molecule has 0 radical (unpaired) electrons. The van der Waals surface area contributed by atoms with Gasteiger partial charge in [0.1, 0.15) is 6.29 Å². The number of carbonyl (C=O) groups excluding carboxylic acids is 1. The fourth-order valence-corrected chi connectivity index (χ4v) is 1.51. The summed E-state index contributed by atoms with van der Waals surface area (Å²) in [5.74, 6) is 0. The van der Waals surface area contributed by atoms with E-state index in [1.807, 2.05) is 42.6 Å². The molecule has 0 saturated carbocycles. The molecule has 0 aliphatic carbocycles. The van der Waals surface area contributed by atoms with E-state index < -0.39 is 0 Å². The molecule has 0 bridgehead atoms. The van der Waals surface area contributed by atoms with Crippen molar-refractivity contribution in [3.63, 3.8) is 0 Å². The molecule has 0 fully saturated rings. The summed E-state index contributed by atoms with van der Waals surface area (Å²) < 4.78 is 0. The van der Waals surface area contributed by atoms with Crippen LogP contribution in [0.15, 0.2) is 48.8 Å². The lowest BCUT2D eigenvalue weighted by Gasteiger charge is -2.02. The quantitative estimate of drug-likeness (QED) is 0.707. The second kappa shape index (κ2) is 4.51. The van der Waals surface area contributed by atoms with Gasteiger partial charge in [0.15, 0.2) is 0 Å². The molecule has 0 atom stereocenters. The summed E-state index contributed by atoms with van der Waals surface area (Å²) in [6.45, 7) is 0. The number of aromatic nitrogens is 1. The van der Waals surface area contributed by atoms with Crippen molar-refractivity contribution >= 4 is 6.29 Å². The Bertz CT molecular complexity index is 451. The molecular formula is C13H11NO. The van der Waals surface area contributed by atoms with Crippen LogP contribution in [-0.4, -0.2) is 11.3 Å². The second-order valence-corrected chi connectivity index (χ2v) is 3.31. The van der Waals surface area contributed by atoms with Crippen molar-refractivity contribution in [3.8, 4) is 11.1 Å². The normalized spacial score (nSPS) is 9.87. The Kier molecular flexibility index (Phi) is 2.88. The Balaban J connectivity index is 2.37. The highest BCUT2D eigenvalue weighted by Crippen LogP contribution is 2.18. The zero-order valence-electron chi connectivity index (χ0n) is 8.26. The van der Waals surface area contributed by atoms with Crippen molar-refractivity contribution < 1.29 is 4.79 Å². The first-order chi connectivity index (χ1) is 7.40. The largest absolute Gasteiger partial charge is 0.303 e. The predicted molar refractivity (Wildman–Crippen MR) is 59.4 cm³/mol. The predicted octanol–water partition coefficient (Wildman–Crippen LogP) is 2.49. The first-order valence-electron chi connectivity index (χ1n) is 4.83. The molecule has 1 heterocycles. The van der Waals surface area contributed by atoms with Crippen molar-refractivity contribution in [2.24, 2.45) is 0 Å². The number of hydrogen-bond acceptors (Lipinski definition) is 2. The van der Waals surface area contributed by atoms with E-state index in [0.717, 1.165) is 23.0 Å². The standard InChI is InChI=1S/C13H11NO/c15-8-6-11-3-1-4-12(9-11)13-5-2-7-14-10-13/h1-5,7-10H,6H2. The highest BCUT2D eigenvalue weighted by atomic mass is 16.1. The summed E-state index contributed by atoms with van der Waals surface area (Å²) in [5, 5.41) is 0. The van der Waals surface area contributed by atoms with Gasteiger partial charge < -0.3 is 4.79 Å². The topological polar surface area (TPSA) is 30.0 Å². The lowest BCUT2D eigenvalue weighted by molar-refractivity contribution is -0.107. The van der Waals surface area contributed by atoms with E-state index >= 15 is 0 Å². The fourth-order valence-electron chi connectivity index (χ4n) is 1.51. The Morgan fingerprint density at radius 2 is 2.00 bits per heavy atom. The molecule has 74 valence electrons. The van der Waals surface area contributed by atoms with Crippen molar-refractivity contribution in [1.82, 2.24) is 4.98 Å². The number of hydrogen-bond donors (Lipinski definition) is 0. The van der Waals surface area contributed by atoms with E-state index in [0.29, 0.717) is 6.42 Å². The minimum absolute atomic E-state index is 0.466. The molecule has 0 spiro atoms. The minimum Gasteiger partial charge on any atom is -0.303 e. The summed E-state index contributed by atoms with van der Waals surface area (Å²) >= 11 is 0. The van der Waals surface area contributed by atoms with E-state index in [-0.39, 0.29) is 0 Å². The van der Waals surface area contributed by atoms with E-state index in [1.54, 1.807) is 6.20 Å². The first-order valence-corrected chi connectivity index (χ1v) is 4.83. The van der Waals surface area contributed by atoms with E-state index in [2.05, 4.69) is 4.98 Å². The lowest BCUT2D eigenvalue weighted by atomic mass is 10.0. The van der Waals surface area contributed by atoms with Crippen LogP contribution < -0.4 is 0 Å². The van der Waals surface area contributed by atoms with Crippen LogP contribution in [0.1, 0.15) is 5.56 Å². The highest BCUT2D eigenvalue weighted by Gasteiger charge is 1.98. The summed E-state index contributed by atoms with van der Waals surface area (Å²) in [7, 11) is 0. The third-order valence-corrected chi connectivity index (χ3v) is 2.24. The molecule has 0 N–H and O–H groups in total. The molecule has 15 heavy (non-hydrogen) atoms. The number of rotatable bonds is 3. The third-order valence-electron chi connectivity index (χ3n) is 2.24. The van der Waals surface area contributed by atoms with Gasteiger partial charge in [-0.1, -0.05) is 30.3 Å². The number of benzene rings is 1. The van der Waals surface area contributed by atoms with Crippen molar-refractivity contribution in [2.75, 3.05) is 0 Å². The van der Waals surface area contributed by atoms with Gasteiger partial charge in [-0.15, -0.1) is 0 Å². The van der Waals surface area contributed by atoms with Gasteiger partial charge in [-0.25, -0.2) is 0 Å². The van der Waals surface area contributed by atoms with Crippen molar-refractivity contribution in [1.29, 1.82) is 0 Å². The average Bonchev–Trinajstić information content (AvgIpc) is 2.31. The van der Waals surface area contributed by atoms with Gasteiger partial charge in [-0.3, -0.25) is 4.98 Å². The maximum absolute atomic E-state index is 10.4. The molecule has 2 nitrogen and oxygen atoms in total. The van der Waals surface area contributed by atoms with Gasteiger partial charge in [-0.2, -0.15) is 0 Å². The highest BCUT2D eigenvalue weighted by molar-refractivity contribution is 5.65. The number of nitrogens with zero attached hydrogens (tertiary/aromatic N) is 1. The Hall–Kier alpha value is -1.96. The van der Waals surface area contributed by atoms with Crippen LogP contribution in [0.5, 0.6) is 0 Å². The van der Waals surface area contributed by atoms with Gasteiger partial charge >= 0.3 is 0 Å². The Labute approximate surface area is 88.6 Å². The third kappa shape index (κ3) is 2.29. The van der Waals surface area contributed by atoms with E-state index in [4.69, 9.17) is 0 Å². The van der Waals surface area contributed by atoms with E-state index in [9.17, 15) is 4.79 Å². The van der Waals surface area contributed by atoms with Gasteiger partial charge in [0, 0.05) is 18.8 Å². The molecule has 0 aliphatic heterocycles. The molecule has 2 rings (SSSR count). The lowest BCUT2D eigenvalue weighted by Crippen LogP contribution is -1.86. The SMILES string of the molecule is O=CCc1cccc(-c2cccnc2)c1. The second-order valence-electron chi connectivity index (χ2n) is 3.31. The van der Waals surface area contributed by atoms with Gasteiger partial charge in [-0.05, 0) is 22.8 Å². The van der Waals surface area contributed by atoms with Crippen molar-refractivity contribution in [3.05, 3.63) is 54.4 Å². The summed E-state index contributed by atoms with van der Waals surface area (Å²) in [6, 6.07) is 11.9. The van der Waals surface area contributed by atoms with Crippen LogP contribution in [0.2, 0.25) is 0 Å². The summed E-state index contributed by atoms with van der Waals surface area (Å²) in [4.78, 5) is 14.5. The molecule has 1 aromatic carbocycles. The molecule has 0 unspecified atom stereocenters. The zero-order chi connectivity index (χ0) is 10.5. The maximum Gasteiger partial charge on any atom is 0.124 e. The van der Waals surface area contributed by atoms with Gasteiger partial charge in [0.25, 0.3) is 0 Å². The summed E-state index contributed by atoms with van der Waals surface area (Å²) in [5.41, 5.74) is 3.21. The van der Waals surface area contributed by atoms with Crippen LogP contribution >= 0.6 is 0 Å². The van der Waals surface area contributed by atoms with Crippen molar-refractivity contribution in [2.45, 2.75) is 6.42 Å². The van der Waals surface area contributed by atoms with Crippen LogP contribution in [0, 0.1) is 0 Å². The van der Waals surface area contributed by atoms with Crippen LogP contribution in [-0.2, 0) is 11.2 Å². The fraction of sp³-hybridized carbons (Fsp3) is 0.0769.